The first-order chi connectivity index (χ1) is 9.19. The van der Waals surface area contributed by atoms with E-state index in [-0.39, 0.29) is 0 Å². The lowest BCUT2D eigenvalue weighted by Crippen LogP contribution is -2.27. The van der Waals surface area contributed by atoms with Gasteiger partial charge in [-0.05, 0) is 44.3 Å². The normalized spacial score (nSPS) is 12.9. The van der Waals surface area contributed by atoms with Crippen molar-refractivity contribution in [3.63, 3.8) is 0 Å². The first kappa shape index (κ1) is 13.8. The summed E-state index contributed by atoms with van der Waals surface area (Å²) in [5, 5.41) is 1.12. The van der Waals surface area contributed by atoms with E-state index in [9.17, 15) is 0 Å². The number of rotatable bonds is 5. The van der Waals surface area contributed by atoms with Crippen molar-refractivity contribution in [2.75, 3.05) is 20.2 Å². The Morgan fingerprint density at radius 2 is 1.89 bits per heavy atom. The van der Waals surface area contributed by atoms with Crippen LogP contribution in [0.25, 0.3) is 10.9 Å². The zero-order chi connectivity index (χ0) is 13.8. The molecule has 2 rings (SSSR count). The van der Waals surface area contributed by atoms with Crippen LogP contribution in [-0.4, -0.2) is 30.1 Å². The average molecular weight is 258 g/mol. The largest absolute Gasteiger partial charge is 0.497 e. The zero-order valence-electron chi connectivity index (χ0n) is 12.2. The third-order valence-electron chi connectivity index (χ3n) is 3.71. The van der Waals surface area contributed by atoms with Crippen molar-refractivity contribution in [2.24, 2.45) is 0 Å². The van der Waals surface area contributed by atoms with Crippen LogP contribution in [0.4, 0.5) is 0 Å². The summed E-state index contributed by atoms with van der Waals surface area (Å²) in [7, 11) is 1.69. The molecule has 1 aromatic carbocycles. The van der Waals surface area contributed by atoms with Gasteiger partial charge in [-0.25, -0.2) is 0 Å². The van der Waals surface area contributed by atoms with Crippen LogP contribution in [0.1, 0.15) is 32.5 Å². The lowest BCUT2D eigenvalue weighted by Gasteiger charge is -2.26. The molecule has 0 spiro atoms. The number of methoxy groups -OCH3 is 1. The van der Waals surface area contributed by atoms with Gasteiger partial charge >= 0.3 is 0 Å². The predicted octanol–water partition coefficient (Wildman–Crippen LogP) is 3.65. The van der Waals surface area contributed by atoms with Crippen molar-refractivity contribution in [3.05, 3.63) is 36.0 Å². The maximum absolute atomic E-state index is 5.24. The van der Waals surface area contributed by atoms with E-state index in [1.54, 1.807) is 7.11 Å². The number of ether oxygens (including phenoxy) is 1. The number of fused-ring (bicyclic) bond motifs is 1. The number of nitrogens with zero attached hydrogens (tertiary/aromatic N) is 2. The van der Waals surface area contributed by atoms with Gasteiger partial charge in [-0.1, -0.05) is 19.9 Å². The summed E-state index contributed by atoms with van der Waals surface area (Å²) >= 11 is 0. The molecule has 0 aliphatic heterocycles. The molecule has 0 bridgehead atoms. The van der Waals surface area contributed by atoms with Crippen molar-refractivity contribution in [2.45, 2.75) is 26.8 Å². The highest BCUT2D eigenvalue weighted by Gasteiger charge is 2.14. The van der Waals surface area contributed by atoms with E-state index in [2.05, 4.69) is 37.8 Å². The van der Waals surface area contributed by atoms with Crippen molar-refractivity contribution in [1.29, 1.82) is 0 Å². The van der Waals surface area contributed by atoms with Crippen LogP contribution in [0.3, 0.4) is 0 Å². The van der Waals surface area contributed by atoms with E-state index in [1.807, 2.05) is 18.2 Å². The maximum atomic E-state index is 5.24. The first-order valence-electron chi connectivity index (χ1n) is 6.88. The SMILES string of the molecule is CCN(CC)C(C)c1ccc2cc(OC)ccc2n1. The highest BCUT2D eigenvalue weighted by atomic mass is 16.5. The molecule has 3 heteroatoms. The smallest absolute Gasteiger partial charge is 0.119 e. The zero-order valence-corrected chi connectivity index (χ0v) is 12.2. The van der Waals surface area contributed by atoms with E-state index in [4.69, 9.17) is 9.72 Å². The second kappa shape index (κ2) is 6.02. The van der Waals surface area contributed by atoms with Gasteiger partial charge in [0.15, 0.2) is 0 Å². The molecule has 1 aromatic heterocycles. The molecule has 0 saturated carbocycles. The van der Waals surface area contributed by atoms with Gasteiger partial charge in [0.25, 0.3) is 0 Å². The van der Waals surface area contributed by atoms with Gasteiger partial charge in [-0.15, -0.1) is 0 Å². The molecule has 1 heterocycles. The lowest BCUT2D eigenvalue weighted by atomic mass is 10.1. The second-order valence-electron chi connectivity index (χ2n) is 4.69. The minimum absolute atomic E-state index is 0.349. The molecule has 3 nitrogen and oxygen atoms in total. The number of pyridine rings is 1. The second-order valence-corrected chi connectivity index (χ2v) is 4.69. The molecule has 19 heavy (non-hydrogen) atoms. The van der Waals surface area contributed by atoms with Gasteiger partial charge in [0.1, 0.15) is 5.75 Å². The van der Waals surface area contributed by atoms with Gasteiger partial charge < -0.3 is 4.74 Å². The molecule has 2 aromatic rings. The highest BCUT2D eigenvalue weighted by molar-refractivity contribution is 5.80. The van der Waals surface area contributed by atoms with Gasteiger partial charge in [-0.2, -0.15) is 0 Å². The van der Waals surface area contributed by atoms with E-state index in [0.29, 0.717) is 6.04 Å². The van der Waals surface area contributed by atoms with Crippen LogP contribution in [-0.2, 0) is 0 Å². The van der Waals surface area contributed by atoms with Crippen molar-refractivity contribution >= 4 is 10.9 Å². The van der Waals surface area contributed by atoms with E-state index < -0.39 is 0 Å². The molecule has 0 N–H and O–H groups in total. The molecule has 0 radical (unpaired) electrons. The number of aromatic nitrogens is 1. The third-order valence-corrected chi connectivity index (χ3v) is 3.71. The Labute approximate surface area is 115 Å². The Kier molecular flexibility index (Phi) is 4.38. The van der Waals surface area contributed by atoms with Crippen LogP contribution >= 0.6 is 0 Å². The molecule has 102 valence electrons. The monoisotopic (exact) mass is 258 g/mol. The minimum Gasteiger partial charge on any atom is -0.497 e. The predicted molar refractivity (Wildman–Crippen MR) is 79.6 cm³/mol. The molecular weight excluding hydrogens is 236 g/mol. The molecule has 0 saturated heterocycles. The standard InChI is InChI=1S/C16H22N2O/c1-5-18(6-2)12(3)15-9-7-13-11-14(19-4)8-10-16(13)17-15/h7-12H,5-6H2,1-4H3. The molecule has 0 aliphatic rings. The number of benzene rings is 1. The van der Waals surface area contributed by atoms with Gasteiger partial charge in [0.05, 0.1) is 18.3 Å². The molecule has 0 aliphatic carbocycles. The maximum Gasteiger partial charge on any atom is 0.119 e. The Bertz CT molecular complexity index is 549. The fourth-order valence-corrected chi connectivity index (χ4v) is 2.44. The van der Waals surface area contributed by atoms with Crippen molar-refractivity contribution < 1.29 is 4.74 Å². The van der Waals surface area contributed by atoms with Gasteiger partial charge in [0, 0.05) is 11.4 Å². The highest BCUT2D eigenvalue weighted by Crippen LogP contribution is 2.23. The fourth-order valence-electron chi connectivity index (χ4n) is 2.44. The van der Waals surface area contributed by atoms with Crippen LogP contribution < -0.4 is 4.74 Å². The summed E-state index contributed by atoms with van der Waals surface area (Å²) in [6.45, 7) is 8.67. The Hall–Kier alpha value is -1.61. The minimum atomic E-state index is 0.349. The average Bonchev–Trinajstić information content (AvgIpc) is 2.47. The van der Waals surface area contributed by atoms with E-state index in [0.717, 1.165) is 35.4 Å². The van der Waals surface area contributed by atoms with Crippen LogP contribution in [0.2, 0.25) is 0 Å². The van der Waals surface area contributed by atoms with Crippen LogP contribution in [0.15, 0.2) is 30.3 Å². The summed E-state index contributed by atoms with van der Waals surface area (Å²) in [5.41, 5.74) is 2.15. The molecule has 1 atom stereocenters. The number of hydrogen-bond acceptors (Lipinski definition) is 3. The van der Waals surface area contributed by atoms with E-state index >= 15 is 0 Å². The molecular formula is C16H22N2O. The Morgan fingerprint density at radius 1 is 1.16 bits per heavy atom. The lowest BCUT2D eigenvalue weighted by molar-refractivity contribution is 0.230. The van der Waals surface area contributed by atoms with Gasteiger partial charge in [-0.3, -0.25) is 9.88 Å². The summed E-state index contributed by atoms with van der Waals surface area (Å²) in [6, 6.07) is 10.6. The topological polar surface area (TPSA) is 25.4 Å². The fraction of sp³-hybridized carbons (Fsp3) is 0.438. The van der Waals surface area contributed by atoms with E-state index in [1.165, 1.54) is 0 Å². The van der Waals surface area contributed by atoms with Crippen molar-refractivity contribution in [3.8, 4) is 5.75 Å². The summed E-state index contributed by atoms with van der Waals surface area (Å²) in [6.07, 6.45) is 0. The van der Waals surface area contributed by atoms with Crippen LogP contribution in [0, 0.1) is 0 Å². The summed E-state index contributed by atoms with van der Waals surface area (Å²) < 4.78 is 5.24. The van der Waals surface area contributed by atoms with Crippen LogP contribution in [0.5, 0.6) is 5.75 Å². The Morgan fingerprint density at radius 3 is 2.53 bits per heavy atom. The summed E-state index contributed by atoms with van der Waals surface area (Å²) in [4.78, 5) is 7.17. The number of hydrogen-bond donors (Lipinski definition) is 0. The van der Waals surface area contributed by atoms with Gasteiger partial charge in [0.2, 0.25) is 0 Å². The first-order valence-corrected chi connectivity index (χ1v) is 6.88. The molecule has 1 unspecified atom stereocenters. The molecule has 0 fully saturated rings. The summed E-state index contributed by atoms with van der Waals surface area (Å²) in [5.74, 6) is 0.874. The molecule has 0 amide bonds. The third kappa shape index (κ3) is 2.87. The van der Waals surface area contributed by atoms with Crippen molar-refractivity contribution in [1.82, 2.24) is 9.88 Å². The Balaban J connectivity index is 2.36. The quantitative estimate of drug-likeness (QED) is 0.818.